The molecule has 7 heteroatoms. The Labute approximate surface area is 144 Å². The lowest BCUT2D eigenvalue weighted by molar-refractivity contribution is -0.136. The fourth-order valence-electron chi connectivity index (χ4n) is 2.25. The van der Waals surface area contributed by atoms with Crippen molar-refractivity contribution < 1.29 is 19.1 Å². The van der Waals surface area contributed by atoms with Gasteiger partial charge >= 0.3 is 11.8 Å². The zero-order valence-corrected chi connectivity index (χ0v) is 14.6. The zero-order chi connectivity index (χ0) is 17.7. The topological polar surface area (TPSA) is 91.6 Å². The summed E-state index contributed by atoms with van der Waals surface area (Å²) in [6, 6.07) is 8.90. The second-order valence-corrected chi connectivity index (χ2v) is 6.16. The van der Waals surface area contributed by atoms with E-state index in [1.165, 1.54) is 11.8 Å². The van der Waals surface area contributed by atoms with Crippen molar-refractivity contribution in [2.45, 2.75) is 24.8 Å². The van der Waals surface area contributed by atoms with Gasteiger partial charge < -0.3 is 20.2 Å². The van der Waals surface area contributed by atoms with E-state index in [2.05, 4.69) is 10.6 Å². The second kappa shape index (κ2) is 8.03. The Hall–Kier alpha value is -2.25. The molecule has 1 aromatic heterocycles. The first-order valence-corrected chi connectivity index (χ1v) is 8.61. The van der Waals surface area contributed by atoms with Gasteiger partial charge in [0.2, 0.25) is 0 Å². The van der Waals surface area contributed by atoms with Crippen molar-refractivity contribution in [1.82, 2.24) is 5.32 Å². The van der Waals surface area contributed by atoms with E-state index < -0.39 is 17.9 Å². The van der Waals surface area contributed by atoms with Crippen LogP contribution in [0.1, 0.15) is 23.2 Å². The van der Waals surface area contributed by atoms with Crippen LogP contribution in [0.5, 0.6) is 0 Å². The smallest absolute Gasteiger partial charge is 0.313 e. The van der Waals surface area contributed by atoms with Gasteiger partial charge in [0.05, 0.1) is 6.10 Å². The van der Waals surface area contributed by atoms with Crippen LogP contribution in [-0.2, 0) is 9.59 Å². The Kier molecular flexibility index (Phi) is 6.05. The third-order valence-electron chi connectivity index (χ3n) is 3.43. The van der Waals surface area contributed by atoms with Gasteiger partial charge in [-0.05, 0) is 44.4 Å². The van der Waals surface area contributed by atoms with Crippen molar-refractivity contribution in [3.63, 3.8) is 0 Å². The molecule has 24 heavy (non-hydrogen) atoms. The van der Waals surface area contributed by atoms with E-state index in [0.717, 1.165) is 4.90 Å². The van der Waals surface area contributed by atoms with Crippen LogP contribution in [0.4, 0.5) is 5.69 Å². The van der Waals surface area contributed by atoms with Crippen LogP contribution in [0.3, 0.4) is 0 Å². The van der Waals surface area contributed by atoms with E-state index in [1.807, 2.05) is 12.3 Å². The number of aliphatic hydroxyl groups is 1. The van der Waals surface area contributed by atoms with Gasteiger partial charge in [0, 0.05) is 22.7 Å². The van der Waals surface area contributed by atoms with Crippen molar-refractivity contribution in [2.75, 3.05) is 18.1 Å². The molecular weight excluding hydrogens is 328 g/mol. The van der Waals surface area contributed by atoms with Crippen LogP contribution in [0.15, 0.2) is 39.6 Å². The van der Waals surface area contributed by atoms with Crippen LogP contribution < -0.4 is 10.6 Å². The number of thioether (sulfide) groups is 1. The van der Waals surface area contributed by atoms with E-state index in [0.29, 0.717) is 22.8 Å². The Morgan fingerprint density at radius 3 is 2.62 bits per heavy atom. The molecule has 1 atom stereocenters. The number of nitrogens with one attached hydrogen (secondary N) is 2. The monoisotopic (exact) mass is 348 g/mol. The van der Waals surface area contributed by atoms with Crippen molar-refractivity contribution in [2.24, 2.45) is 0 Å². The van der Waals surface area contributed by atoms with Gasteiger partial charge in [-0.15, -0.1) is 11.8 Å². The average molecular weight is 348 g/mol. The molecule has 1 aromatic carbocycles. The lowest BCUT2D eigenvalue weighted by Crippen LogP contribution is -2.37. The Balaban J connectivity index is 1.89. The standard InChI is InChI=1S/C17H20N2O4S/c1-10-7-14(11(2)23-10)15(20)9-18-16(21)17(22)19-12-5-4-6-13(8-12)24-3/h4-8,15,20H,9H2,1-3H3,(H,18,21)(H,19,22). The molecule has 0 aliphatic rings. The highest BCUT2D eigenvalue weighted by atomic mass is 32.2. The SMILES string of the molecule is CSc1cccc(NC(=O)C(=O)NCC(O)c2cc(C)oc2C)c1. The molecule has 0 fully saturated rings. The zero-order valence-electron chi connectivity index (χ0n) is 13.8. The number of amides is 2. The third kappa shape index (κ3) is 4.62. The highest BCUT2D eigenvalue weighted by Crippen LogP contribution is 2.21. The van der Waals surface area contributed by atoms with E-state index in [9.17, 15) is 14.7 Å². The van der Waals surface area contributed by atoms with Gasteiger partial charge in [-0.1, -0.05) is 6.07 Å². The first-order chi connectivity index (χ1) is 11.4. The predicted octanol–water partition coefficient (Wildman–Crippen LogP) is 2.41. The molecule has 3 N–H and O–H groups in total. The second-order valence-electron chi connectivity index (χ2n) is 5.28. The molecule has 2 rings (SSSR count). The van der Waals surface area contributed by atoms with E-state index in [4.69, 9.17) is 4.42 Å². The number of anilines is 1. The minimum Gasteiger partial charge on any atom is -0.466 e. The van der Waals surface area contributed by atoms with Crippen molar-refractivity contribution in [3.05, 3.63) is 47.4 Å². The van der Waals surface area contributed by atoms with Gasteiger partial charge in [0.15, 0.2) is 0 Å². The van der Waals surface area contributed by atoms with E-state index in [-0.39, 0.29) is 6.54 Å². The molecule has 0 aliphatic heterocycles. The number of hydrogen-bond acceptors (Lipinski definition) is 5. The quantitative estimate of drug-likeness (QED) is 0.570. The third-order valence-corrected chi connectivity index (χ3v) is 4.15. The molecule has 0 aliphatic carbocycles. The number of aliphatic hydroxyl groups excluding tert-OH is 1. The fraction of sp³-hybridized carbons (Fsp3) is 0.294. The number of furan rings is 1. The molecule has 0 saturated heterocycles. The summed E-state index contributed by atoms with van der Waals surface area (Å²) >= 11 is 1.54. The Morgan fingerprint density at radius 1 is 1.25 bits per heavy atom. The summed E-state index contributed by atoms with van der Waals surface area (Å²) in [5, 5.41) is 15.0. The largest absolute Gasteiger partial charge is 0.466 e. The minimum absolute atomic E-state index is 0.0725. The normalized spacial score (nSPS) is 11.8. The van der Waals surface area contributed by atoms with Crippen molar-refractivity contribution in [1.29, 1.82) is 0 Å². The van der Waals surface area contributed by atoms with Gasteiger partial charge in [0.25, 0.3) is 0 Å². The number of carbonyl (C=O) groups excluding carboxylic acids is 2. The van der Waals surface area contributed by atoms with Crippen molar-refractivity contribution >= 4 is 29.3 Å². The lowest BCUT2D eigenvalue weighted by Gasteiger charge is -2.11. The maximum atomic E-state index is 11.9. The van der Waals surface area contributed by atoms with E-state index >= 15 is 0 Å². The molecule has 0 spiro atoms. The van der Waals surface area contributed by atoms with Crippen molar-refractivity contribution in [3.8, 4) is 0 Å². The maximum absolute atomic E-state index is 11.9. The predicted molar refractivity (Wildman–Crippen MR) is 93.0 cm³/mol. The molecule has 0 radical (unpaired) electrons. The van der Waals surface area contributed by atoms with Crippen LogP contribution in [0, 0.1) is 13.8 Å². The molecule has 128 valence electrons. The number of hydrogen-bond donors (Lipinski definition) is 3. The molecule has 6 nitrogen and oxygen atoms in total. The summed E-state index contributed by atoms with van der Waals surface area (Å²) in [6.45, 7) is 3.44. The van der Waals surface area contributed by atoms with Gasteiger partial charge in [0.1, 0.15) is 11.5 Å². The Bertz CT molecular complexity index is 742. The summed E-state index contributed by atoms with van der Waals surface area (Å²) in [6.07, 6.45) is 0.994. The summed E-state index contributed by atoms with van der Waals surface area (Å²) in [4.78, 5) is 24.7. The first kappa shape index (κ1) is 18.1. The number of carbonyl (C=O) groups is 2. The molecule has 1 heterocycles. The van der Waals surface area contributed by atoms with Crippen LogP contribution in [0.25, 0.3) is 0 Å². The first-order valence-electron chi connectivity index (χ1n) is 7.39. The minimum atomic E-state index is -0.931. The Morgan fingerprint density at radius 2 is 2.00 bits per heavy atom. The summed E-state index contributed by atoms with van der Waals surface area (Å²) in [5.41, 5.74) is 1.14. The highest BCUT2D eigenvalue weighted by molar-refractivity contribution is 7.98. The van der Waals surface area contributed by atoms with Gasteiger partial charge in [-0.3, -0.25) is 9.59 Å². The molecule has 2 aromatic rings. The highest BCUT2D eigenvalue weighted by Gasteiger charge is 2.18. The van der Waals surface area contributed by atoms with Crippen LogP contribution in [-0.4, -0.2) is 29.7 Å². The molecule has 1 unspecified atom stereocenters. The average Bonchev–Trinajstić information content (AvgIpc) is 2.90. The summed E-state index contributed by atoms with van der Waals surface area (Å²) in [7, 11) is 0. The van der Waals surface area contributed by atoms with E-state index in [1.54, 1.807) is 38.1 Å². The molecule has 0 saturated carbocycles. The van der Waals surface area contributed by atoms with Gasteiger partial charge in [-0.2, -0.15) is 0 Å². The maximum Gasteiger partial charge on any atom is 0.313 e. The van der Waals surface area contributed by atoms with Crippen LogP contribution >= 0.6 is 11.8 Å². The summed E-state index contributed by atoms with van der Waals surface area (Å²) < 4.78 is 5.34. The number of benzene rings is 1. The molecular formula is C17H20N2O4S. The lowest BCUT2D eigenvalue weighted by atomic mass is 10.1. The fourth-order valence-corrected chi connectivity index (χ4v) is 2.71. The van der Waals surface area contributed by atoms with Crippen LogP contribution in [0.2, 0.25) is 0 Å². The molecule has 0 bridgehead atoms. The number of aryl methyl sites for hydroxylation is 2. The molecule has 2 amide bonds. The van der Waals surface area contributed by atoms with Gasteiger partial charge in [-0.25, -0.2) is 0 Å². The summed E-state index contributed by atoms with van der Waals surface area (Å²) in [5.74, 6) is -0.311. The number of rotatable bonds is 5.